The molecule has 136 valence electrons. The van der Waals surface area contributed by atoms with E-state index in [4.69, 9.17) is 11.6 Å². The number of pyridine rings is 1. The minimum atomic E-state index is -0.0388. The highest BCUT2D eigenvalue weighted by molar-refractivity contribution is 6.34. The van der Waals surface area contributed by atoms with Gasteiger partial charge in [0.05, 0.1) is 5.02 Å². The number of amides is 1. The fourth-order valence-corrected chi connectivity index (χ4v) is 3.50. The highest BCUT2D eigenvalue weighted by Crippen LogP contribution is 2.34. The van der Waals surface area contributed by atoms with Gasteiger partial charge in [-0.2, -0.15) is 0 Å². The molecule has 5 nitrogen and oxygen atoms in total. The molecule has 0 aliphatic carbocycles. The van der Waals surface area contributed by atoms with Gasteiger partial charge in [-0.05, 0) is 24.6 Å². The van der Waals surface area contributed by atoms with E-state index in [9.17, 15) is 4.79 Å². The normalized spacial score (nSPS) is 11.0. The minimum Gasteiger partial charge on any atom is -0.357 e. The average molecular weight is 379 g/mol. The highest BCUT2D eigenvalue weighted by atomic mass is 35.5. The summed E-state index contributed by atoms with van der Waals surface area (Å²) in [5, 5.41) is 1.48. The molecule has 0 aliphatic heterocycles. The number of H-pyrrole nitrogens is 2. The maximum absolute atomic E-state index is 13.0. The summed E-state index contributed by atoms with van der Waals surface area (Å²) in [7, 11) is 0. The number of benzene rings is 1. The van der Waals surface area contributed by atoms with Crippen molar-refractivity contribution in [2.75, 3.05) is 6.54 Å². The summed E-state index contributed by atoms with van der Waals surface area (Å²) in [6.45, 7) is 3.18. The molecule has 0 fully saturated rings. The summed E-state index contributed by atoms with van der Waals surface area (Å²) in [4.78, 5) is 25.3. The molecule has 2 N–H and O–H groups in total. The number of hydrogen-bond donors (Lipinski definition) is 2. The third-order valence-electron chi connectivity index (χ3n) is 4.63. The van der Waals surface area contributed by atoms with Crippen LogP contribution in [0.3, 0.4) is 0 Å². The van der Waals surface area contributed by atoms with Gasteiger partial charge in [0.2, 0.25) is 0 Å². The maximum atomic E-state index is 13.0. The summed E-state index contributed by atoms with van der Waals surface area (Å²) in [5.41, 5.74) is 4.14. The van der Waals surface area contributed by atoms with Crippen LogP contribution in [0.5, 0.6) is 0 Å². The molecule has 4 aromatic rings. The SMILES string of the molecule is CCN(Cc1ccccc1)C(=O)c1cc(-c2c(Cl)cnc3[nH]ccc23)c[nH]1. The predicted octanol–water partition coefficient (Wildman–Crippen LogP) is 4.87. The first kappa shape index (κ1) is 17.4. The van der Waals surface area contributed by atoms with Gasteiger partial charge < -0.3 is 14.9 Å². The molecule has 0 radical (unpaired) electrons. The Morgan fingerprint density at radius 3 is 2.78 bits per heavy atom. The number of aromatic nitrogens is 3. The summed E-state index contributed by atoms with van der Waals surface area (Å²) in [6, 6.07) is 13.8. The molecule has 3 aromatic heterocycles. The third-order valence-corrected chi connectivity index (χ3v) is 4.91. The van der Waals surface area contributed by atoms with E-state index in [0.29, 0.717) is 23.8 Å². The predicted molar refractivity (Wildman–Crippen MR) is 108 cm³/mol. The number of halogens is 1. The van der Waals surface area contributed by atoms with Crippen LogP contribution in [0.1, 0.15) is 23.0 Å². The summed E-state index contributed by atoms with van der Waals surface area (Å²) < 4.78 is 0. The van der Waals surface area contributed by atoms with Crippen LogP contribution in [0.25, 0.3) is 22.2 Å². The fraction of sp³-hybridized carbons (Fsp3) is 0.143. The molecular formula is C21H19ClN4O. The Hall–Kier alpha value is -3.05. The first-order valence-electron chi connectivity index (χ1n) is 8.81. The quantitative estimate of drug-likeness (QED) is 0.520. The first-order chi connectivity index (χ1) is 13.2. The van der Waals surface area contributed by atoms with Gasteiger partial charge in [0.15, 0.2) is 0 Å². The van der Waals surface area contributed by atoms with Crippen LogP contribution < -0.4 is 0 Å². The number of carbonyl (C=O) groups excluding carboxylic acids is 1. The molecule has 0 unspecified atom stereocenters. The molecule has 27 heavy (non-hydrogen) atoms. The first-order valence-corrected chi connectivity index (χ1v) is 9.18. The Morgan fingerprint density at radius 1 is 1.19 bits per heavy atom. The Labute approximate surface area is 162 Å². The van der Waals surface area contributed by atoms with E-state index in [2.05, 4.69) is 15.0 Å². The van der Waals surface area contributed by atoms with E-state index >= 15 is 0 Å². The number of carbonyl (C=O) groups is 1. The number of fused-ring (bicyclic) bond motifs is 1. The average Bonchev–Trinajstić information content (AvgIpc) is 3.36. The van der Waals surface area contributed by atoms with Crippen LogP contribution in [0.4, 0.5) is 0 Å². The number of nitrogens with zero attached hydrogens (tertiary/aromatic N) is 2. The van der Waals surface area contributed by atoms with Crippen molar-refractivity contribution in [3.8, 4) is 11.1 Å². The summed E-state index contributed by atoms with van der Waals surface area (Å²) >= 11 is 6.40. The Balaban J connectivity index is 1.64. The number of nitrogens with one attached hydrogen (secondary N) is 2. The van der Waals surface area contributed by atoms with Gasteiger partial charge in [-0.3, -0.25) is 4.79 Å². The van der Waals surface area contributed by atoms with Crippen molar-refractivity contribution in [3.05, 3.63) is 77.3 Å². The molecule has 1 amide bonds. The van der Waals surface area contributed by atoms with Crippen molar-refractivity contribution in [1.29, 1.82) is 0 Å². The Bertz CT molecular complexity index is 1080. The van der Waals surface area contributed by atoms with Crippen molar-refractivity contribution >= 4 is 28.5 Å². The molecular weight excluding hydrogens is 360 g/mol. The van der Waals surface area contributed by atoms with Crippen molar-refractivity contribution in [1.82, 2.24) is 19.9 Å². The zero-order valence-electron chi connectivity index (χ0n) is 14.9. The van der Waals surface area contributed by atoms with Crippen LogP contribution >= 0.6 is 11.6 Å². The maximum Gasteiger partial charge on any atom is 0.270 e. The highest BCUT2D eigenvalue weighted by Gasteiger charge is 2.19. The zero-order chi connectivity index (χ0) is 18.8. The van der Waals surface area contributed by atoms with Crippen molar-refractivity contribution < 1.29 is 4.79 Å². The molecule has 1 aromatic carbocycles. The summed E-state index contributed by atoms with van der Waals surface area (Å²) in [5.74, 6) is -0.0388. The molecule has 0 aliphatic rings. The van der Waals surface area contributed by atoms with Gasteiger partial charge in [0.1, 0.15) is 11.3 Å². The van der Waals surface area contributed by atoms with Crippen molar-refractivity contribution in [2.45, 2.75) is 13.5 Å². The van der Waals surface area contributed by atoms with Gasteiger partial charge >= 0.3 is 0 Å². The second kappa shape index (κ2) is 7.29. The van der Waals surface area contributed by atoms with Gasteiger partial charge in [-0.1, -0.05) is 41.9 Å². The second-order valence-electron chi connectivity index (χ2n) is 6.33. The van der Waals surface area contributed by atoms with Gasteiger partial charge in [-0.25, -0.2) is 4.98 Å². The standard InChI is InChI=1S/C21H19ClN4O/c1-2-26(13-14-6-4-3-5-7-14)21(27)18-10-15(11-24-18)19-16-8-9-23-20(16)25-12-17(19)22/h3-12,24H,2,13H2,1H3,(H,23,25). The van der Waals surface area contributed by atoms with Crippen LogP contribution in [0.15, 0.2) is 61.1 Å². The second-order valence-corrected chi connectivity index (χ2v) is 6.74. The van der Waals surface area contributed by atoms with Crippen molar-refractivity contribution in [2.24, 2.45) is 0 Å². The van der Waals surface area contributed by atoms with E-state index in [-0.39, 0.29) is 5.91 Å². The lowest BCUT2D eigenvalue weighted by atomic mass is 10.1. The van der Waals surface area contributed by atoms with Crippen molar-refractivity contribution in [3.63, 3.8) is 0 Å². The molecule has 0 spiro atoms. The molecule has 3 heterocycles. The summed E-state index contributed by atoms with van der Waals surface area (Å²) in [6.07, 6.45) is 5.27. The molecule has 6 heteroatoms. The third kappa shape index (κ3) is 3.34. The molecule has 0 bridgehead atoms. The fourth-order valence-electron chi connectivity index (χ4n) is 3.24. The Kier molecular flexibility index (Phi) is 4.69. The van der Waals surface area contributed by atoms with E-state index in [1.54, 1.807) is 6.20 Å². The zero-order valence-corrected chi connectivity index (χ0v) is 15.6. The number of hydrogen-bond acceptors (Lipinski definition) is 2. The molecule has 0 atom stereocenters. The smallest absolute Gasteiger partial charge is 0.270 e. The van der Waals surface area contributed by atoms with E-state index in [1.165, 1.54) is 0 Å². The van der Waals surface area contributed by atoms with Crippen LogP contribution in [0.2, 0.25) is 5.02 Å². The topological polar surface area (TPSA) is 64.8 Å². The lowest BCUT2D eigenvalue weighted by Crippen LogP contribution is -2.30. The minimum absolute atomic E-state index is 0.0388. The van der Waals surface area contributed by atoms with E-state index in [0.717, 1.165) is 27.7 Å². The largest absolute Gasteiger partial charge is 0.357 e. The molecule has 0 saturated heterocycles. The molecule has 0 saturated carbocycles. The van der Waals surface area contributed by atoms with Crippen LogP contribution in [-0.2, 0) is 6.54 Å². The van der Waals surface area contributed by atoms with E-state index in [1.807, 2.05) is 66.7 Å². The number of aromatic amines is 2. The monoisotopic (exact) mass is 378 g/mol. The van der Waals surface area contributed by atoms with E-state index < -0.39 is 0 Å². The van der Waals surface area contributed by atoms with Gasteiger partial charge in [-0.15, -0.1) is 0 Å². The lowest BCUT2D eigenvalue weighted by Gasteiger charge is -2.20. The lowest BCUT2D eigenvalue weighted by molar-refractivity contribution is 0.0747. The Morgan fingerprint density at radius 2 is 2.00 bits per heavy atom. The van der Waals surface area contributed by atoms with Crippen LogP contribution in [-0.4, -0.2) is 32.3 Å². The molecule has 4 rings (SSSR count). The van der Waals surface area contributed by atoms with Gasteiger partial charge in [0, 0.05) is 48.2 Å². The van der Waals surface area contributed by atoms with Gasteiger partial charge in [0.25, 0.3) is 5.91 Å². The van der Waals surface area contributed by atoms with Crippen LogP contribution in [0, 0.1) is 0 Å². The number of rotatable bonds is 5.